The zero-order valence-corrected chi connectivity index (χ0v) is 30.7. The molecule has 2 aromatic heterocycles. The third-order valence-electron chi connectivity index (χ3n) is 8.41. The van der Waals surface area contributed by atoms with Crippen LogP contribution < -0.4 is 5.46 Å². The molecule has 4 nitrogen and oxygen atoms in total. The van der Waals surface area contributed by atoms with E-state index in [9.17, 15) is 10.0 Å². The maximum absolute atomic E-state index is 10.1. The molecule has 2 N–H and O–H groups in total. The summed E-state index contributed by atoms with van der Waals surface area (Å²) in [5.74, 6) is 2.13. The van der Waals surface area contributed by atoms with Gasteiger partial charge in [-0.2, -0.15) is 0 Å². The van der Waals surface area contributed by atoms with Crippen LogP contribution in [0.15, 0.2) is 69.5 Å². The molecule has 2 heterocycles. The number of fused-ring (bicyclic) bond motifs is 6. The molecular weight excluding hydrogens is 682 g/mol. The maximum atomic E-state index is 10.1. The van der Waals surface area contributed by atoms with Gasteiger partial charge in [0.05, 0.1) is 0 Å². The molecule has 0 saturated carbocycles. The van der Waals surface area contributed by atoms with E-state index in [1.807, 2.05) is 36.4 Å². The van der Waals surface area contributed by atoms with Gasteiger partial charge in [-0.3, -0.25) is 0 Å². The van der Waals surface area contributed by atoms with Crippen molar-refractivity contribution in [1.82, 2.24) is 0 Å². The minimum absolute atomic E-state index is 0.411. The minimum atomic E-state index is -1.47. The van der Waals surface area contributed by atoms with E-state index in [4.69, 9.17) is 8.83 Å². The molecule has 6 aromatic rings. The first kappa shape index (κ1) is 34.5. The van der Waals surface area contributed by atoms with E-state index in [1.165, 1.54) is 25.5 Å². The van der Waals surface area contributed by atoms with Crippen molar-refractivity contribution in [2.45, 2.75) is 81.1 Å². The van der Waals surface area contributed by atoms with Crippen LogP contribution >= 0.6 is 22.6 Å². The Labute approximate surface area is 287 Å². The Bertz CT molecular complexity index is 1960. The Morgan fingerprint density at radius 1 is 0.587 bits per heavy atom. The summed E-state index contributed by atoms with van der Waals surface area (Å²) in [6.45, 7) is 17.7. The van der Waals surface area contributed by atoms with Gasteiger partial charge in [0.1, 0.15) is 22.3 Å². The number of hydrogen-bond donors (Lipinski definition) is 2. The normalized spacial score (nSPS) is 12.1. The van der Waals surface area contributed by atoms with Crippen LogP contribution in [0, 0.1) is 27.2 Å². The predicted molar refractivity (Wildman–Crippen MR) is 204 cm³/mol. The van der Waals surface area contributed by atoms with E-state index in [0.717, 1.165) is 69.9 Å². The predicted octanol–water partition coefficient (Wildman–Crippen LogP) is 10.3. The number of furan rings is 2. The van der Waals surface area contributed by atoms with Crippen LogP contribution in [0.2, 0.25) is 0 Å². The Kier molecular flexibility index (Phi) is 10.9. The highest BCUT2D eigenvalue weighted by Gasteiger charge is 2.26. The van der Waals surface area contributed by atoms with E-state index >= 15 is 0 Å². The highest BCUT2D eigenvalue weighted by Crippen LogP contribution is 2.37. The smallest absolute Gasteiger partial charge is 0.456 e. The van der Waals surface area contributed by atoms with Crippen LogP contribution in [0.3, 0.4) is 0 Å². The molecule has 0 bridgehead atoms. The van der Waals surface area contributed by atoms with Crippen LogP contribution in [-0.2, 0) is 25.7 Å². The summed E-state index contributed by atoms with van der Waals surface area (Å²) in [7, 11) is -1.47. The average Bonchev–Trinajstić information content (AvgIpc) is 3.52. The van der Waals surface area contributed by atoms with Crippen molar-refractivity contribution in [2.24, 2.45) is 23.7 Å². The summed E-state index contributed by atoms with van der Waals surface area (Å²) in [5, 5.41) is 24.8. The summed E-state index contributed by atoms with van der Waals surface area (Å²) in [6.07, 6.45) is 3.78. The summed E-state index contributed by atoms with van der Waals surface area (Å²) in [6, 6.07) is 20.7. The molecule has 0 radical (unpaired) electrons. The third-order valence-corrected chi connectivity index (χ3v) is 9.76. The molecule has 6 heteroatoms. The van der Waals surface area contributed by atoms with Crippen molar-refractivity contribution in [3.05, 3.63) is 86.5 Å². The number of para-hydroxylation sites is 2. The zero-order valence-electron chi connectivity index (χ0n) is 28.6. The van der Waals surface area contributed by atoms with Gasteiger partial charge in [0, 0.05) is 30.7 Å². The lowest BCUT2D eigenvalue weighted by molar-refractivity contribution is 0.424. The molecular formula is C40H48BIO4. The standard InChI is InChI=1S/C20H25BO3.C20H23IO/c1-12(2)9-14-11-18-19(15-7-5-6-8-17(15)24-18)16(10-13(3)4)20(14)21(22)23;1-12(2)9-14-11-16-15-7-5-6-8-18(15)22-20(16)17(19(14)21)10-13(3)4/h5-8,11-13,22-23H,9-10H2,1-4H3;5-8,11-13H,9-10H2,1-4H3. The quantitative estimate of drug-likeness (QED) is 0.115. The molecule has 0 unspecified atom stereocenters. The van der Waals surface area contributed by atoms with Gasteiger partial charge in [0.2, 0.25) is 0 Å². The van der Waals surface area contributed by atoms with Crippen LogP contribution in [0.5, 0.6) is 0 Å². The van der Waals surface area contributed by atoms with Crippen molar-refractivity contribution in [3.8, 4) is 0 Å². The molecule has 242 valence electrons. The Morgan fingerprint density at radius 3 is 1.70 bits per heavy atom. The molecule has 0 amide bonds. The van der Waals surface area contributed by atoms with Gasteiger partial charge >= 0.3 is 7.12 Å². The van der Waals surface area contributed by atoms with E-state index < -0.39 is 7.12 Å². The molecule has 0 fully saturated rings. The number of benzene rings is 4. The molecule has 0 aliphatic rings. The highest BCUT2D eigenvalue weighted by molar-refractivity contribution is 14.1. The van der Waals surface area contributed by atoms with Crippen LogP contribution in [-0.4, -0.2) is 17.2 Å². The monoisotopic (exact) mass is 730 g/mol. The van der Waals surface area contributed by atoms with Crippen LogP contribution in [0.25, 0.3) is 43.9 Å². The number of hydrogen-bond acceptors (Lipinski definition) is 4. The van der Waals surface area contributed by atoms with Gasteiger partial charge in [-0.05, 0) is 118 Å². The fourth-order valence-corrected chi connectivity index (χ4v) is 7.58. The second-order valence-electron chi connectivity index (χ2n) is 14.5. The van der Waals surface area contributed by atoms with Gasteiger partial charge < -0.3 is 18.9 Å². The van der Waals surface area contributed by atoms with Crippen LogP contribution in [0.1, 0.15) is 77.6 Å². The van der Waals surface area contributed by atoms with Gasteiger partial charge in [-0.15, -0.1) is 0 Å². The first-order valence-electron chi connectivity index (χ1n) is 16.8. The van der Waals surface area contributed by atoms with Gasteiger partial charge in [-0.1, -0.05) is 91.8 Å². The van der Waals surface area contributed by atoms with E-state index in [-0.39, 0.29) is 0 Å². The SMILES string of the molecule is CC(C)Cc1cc2c(oc3ccccc32)c(CC(C)C)c1I.CC(C)Cc1cc2oc3ccccc3c2c(CC(C)C)c1B(O)O. The van der Waals surface area contributed by atoms with Crippen molar-refractivity contribution in [2.75, 3.05) is 0 Å². The molecule has 0 spiro atoms. The molecule has 6 rings (SSSR count). The molecule has 0 aliphatic carbocycles. The largest absolute Gasteiger partial charge is 0.489 e. The summed E-state index contributed by atoms with van der Waals surface area (Å²) in [5.41, 5.74) is 9.28. The van der Waals surface area contributed by atoms with Gasteiger partial charge in [-0.25, -0.2) is 0 Å². The lowest BCUT2D eigenvalue weighted by Crippen LogP contribution is -2.37. The Hall–Kier alpha value is -2.81. The lowest BCUT2D eigenvalue weighted by Gasteiger charge is -2.18. The second kappa shape index (κ2) is 14.5. The minimum Gasteiger partial charge on any atom is -0.456 e. The zero-order chi connectivity index (χ0) is 33.3. The van der Waals surface area contributed by atoms with Crippen molar-refractivity contribution in [1.29, 1.82) is 0 Å². The third kappa shape index (κ3) is 7.34. The van der Waals surface area contributed by atoms with E-state index in [0.29, 0.717) is 29.1 Å². The first-order valence-corrected chi connectivity index (χ1v) is 17.9. The average molecular weight is 731 g/mol. The Balaban J connectivity index is 0.000000182. The summed E-state index contributed by atoms with van der Waals surface area (Å²) in [4.78, 5) is 0. The van der Waals surface area contributed by atoms with Gasteiger partial charge in [0.25, 0.3) is 0 Å². The highest BCUT2D eigenvalue weighted by atomic mass is 127. The van der Waals surface area contributed by atoms with Crippen molar-refractivity contribution < 1.29 is 18.9 Å². The molecule has 0 saturated heterocycles. The van der Waals surface area contributed by atoms with Crippen LogP contribution in [0.4, 0.5) is 0 Å². The number of halogens is 1. The molecule has 46 heavy (non-hydrogen) atoms. The summed E-state index contributed by atoms with van der Waals surface area (Å²) >= 11 is 2.52. The molecule has 4 aromatic carbocycles. The lowest BCUT2D eigenvalue weighted by atomic mass is 9.70. The fraction of sp³-hybridized carbons (Fsp3) is 0.400. The maximum Gasteiger partial charge on any atom is 0.489 e. The summed E-state index contributed by atoms with van der Waals surface area (Å²) < 4.78 is 13.7. The van der Waals surface area contributed by atoms with E-state index in [2.05, 4.69) is 102 Å². The molecule has 0 aliphatic heterocycles. The Morgan fingerprint density at radius 2 is 1.11 bits per heavy atom. The van der Waals surface area contributed by atoms with Crippen molar-refractivity contribution >= 4 is 79.0 Å². The molecule has 0 atom stereocenters. The van der Waals surface area contributed by atoms with Crippen molar-refractivity contribution in [3.63, 3.8) is 0 Å². The van der Waals surface area contributed by atoms with E-state index in [1.54, 1.807) is 0 Å². The first-order chi connectivity index (χ1) is 21.8. The topological polar surface area (TPSA) is 66.7 Å². The van der Waals surface area contributed by atoms with Gasteiger partial charge in [0.15, 0.2) is 0 Å². The fourth-order valence-electron chi connectivity index (χ4n) is 6.74. The number of rotatable bonds is 9. The second-order valence-corrected chi connectivity index (χ2v) is 15.5.